The van der Waals surface area contributed by atoms with Crippen LogP contribution in [0.3, 0.4) is 0 Å². The molecule has 84 valence electrons. The van der Waals surface area contributed by atoms with Crippen LogP contribution in [0.25, 0.3) is 0 Å². The second-order valence-corrected chi connectivity index (χ2v) is 4.98. The summed E-state index contributed by atoms with van der Waals surface area (Å²) < 4.78 is 25.7. The van der Waals surface area contributed by atoms with Crippen molar-refractivity contribution < 1.29 is 8.42 Å². The molecule has 0 aromatic carbocycles. The van der Waals surface area contributed by atoms with E-state index in [0.717, 1.165) is 0 Å². The highest BCUT2D eigenvalue weighted by Gasteiger charge is 2.22. The smallest absolute Gasteiger partial charge is 0.238 e. The van der Waals surface area contributed by atoms with E-state index in [0.29, 0.717) is 6.42 Å². The second-order valence-electron chi connectivity index (χ2n) is 3.02. The summed E-state index contributed by atoms with van der Waals surface area (Å²) in [6.07, 6.45) is 1.93. The molecule has 1 aromatic rings. The van der Waals surface area contributed by atoms with Crippen LogP contribution in [0.4, 0.5) is 5.82 Å². The zero-order valence-electron chi connectivity index (χ0n) is 8.42. The summed E-state index contributed by atoms with van der Waals surface area (Å²) in [5, 5.41) is 6.61. The minimum atomic E-state index is -3.45. The lowest BCUT2D eigenvalue weighted by Gasteiger charge is -2.14. The third-order valence-electron chi connectivity index (χ3n) is 1.98. The highest BCUT2D eigenvalue weighted by atomic mass is 32.2. The Kier molecular flexibility index (Phi) is 3.98. The second kappa shape index (κ2) is 5.04. The number of anilines is 1. The monoisotopic (exact) mass is 230 g/mol. The number of nitrogens with zero attached hydrogens (tertiary/aromatic N) is 2. The van der Waals surface area contributed by atoms with E-state index in [1.54, 1.807) is 13.0 Å². The predicted molar refractivity (Wildman–Crippen MR) is 57.7 cm³/mol. The Bertz CT molecular complexity index is 388. The minimum Gasteiger partial charge on any atom is -0.329 e. The maximum Gasteiger partial charge on any atom is 0.238 e. The molecule has 6 nitrogen and oxygen atoms in total. The van der Waals surface area contributed by atoms with Crippen molar-refractivity contribution in [2.45, 2.75) is 18.6 Å². The quantitative estimate of drug-likeness (QED) is 0.739. The van der Waals surface area contributed by atoms with Crippen LogP contribution in [0.5, 0.6) is 0 Å². The van der Waals surface area contributed by atoms with Crippen LogP contribution in [0.1, 0.15) is 13.3 Å². The molecule has 0 radical (unpaired) electrons. The molecule has 0 aliphatic rings. The van der Waals surface area contributed by atoms with Gasteiger partial charge < -0.3 is 5.73 Å². The van der Waals surface area contributed by atoms with Gasteiger partial charge in [-0.15, -0.1) is 5.10 Å². The van der Waals surface area contributed by atoms with Crippen LogP contribution in [0, 0.1) is 0 Å². The molecule has 1 aromatic heterocycles. The van der Waals surface area contributed by atoms with Crippen LogP contribution in [-0.4, -0.2) is 30.4 Å². The fourth-order valence-corrected chi connectivity index (χ4v) is 2.36. The normalized spacial score (nSPS) is 13.5. The number of nitrogens with two attached hydrogens (primary N) is 1. The Labute approximate surface area is 88.9 Å². The van der Waals surface area contributed by atoms with Crippen molar-refractivity contribution in [3.8, 4) is 0 Å². The van der Waals surface area contributed by atoms with E-state index in [1.807, 2.05) is 0 Å². The molecule has 0 spiro atoms. The summed E-state index contributed by atoms with van der Waals surface area (Å²) >= 11 is 0. The van der Waals surface area contributed by atoms with Gasteiger partial charge in [-0.2, -0.15) is 5.10 Å². The lowest BCUT2D eigenvalue weighted by molar-refractivity contribution is 0.581. The van der Waals surface area contributed by atoms with Crippen molar-refractivity contribution >= 4 is 15.8 Å². The van der Waals surface area contributed by atoms with Crippen molar-refractivity contribution in [1.29, 1.82) is 0 Å². The van der Waals surface area contributed by atoms with Crippen LogP contribution in [0.15, 0.2) is 18.3 Å². The van der Waals surface area contributed by atoms with E-state index in [1.165, 1.54) is 12.3 Å². The average Bonchev–Trinajstić information content (AvgIpc) is 2.19. The summed E-state index contributed by atoms with van der Waals surface area (Å²) in [6.45, 7) is 1.86. The number of hydrogen-bond acceptors (Lipinski definition) is 5. The van der Waals surface area contributed by atoms with E-state index in [4.69, 9.17) is 5.73 Å². The number of hydrogen-bond donors (Lipinski definition) is 2. The lowest BCUT2D eigenvalue weighted by Crippen LogP contribution is -2.33. The van der Waals surface area contributed by atoms with Crippen molar-refractivity contribution in [3.05, 3.63) is 18.3 Å². The molecule has 1 atom stereocenters. The van der Waals surface area contributed by atoms with Crippen LogP contribution in [0.2, 0.25) is 0 Å². The number of nitrogens with one attached hydrogen (secondary N) is 1. The van der Waals surface area contributed by atoms with Crippen molar-refractivity contribution in [3.63, 3.8) is 0 Å². The van der Waals surface area contributed by atoms with Crippen LogP contribution in [-0.2, 0) is 10.0 Å². The van der Waals surface area contributed by atoms with Gasteiger partial charge in [-0.3, -0.25) is 4.72 Å². The molecule has 0 saturated heterocycles. The Morgan fingerprint density at radius 1 is 1.60 bits per heavy atom. The van der Waals surface area contributed by atoms with Gasteiger partial charge in [-0.1, -0.05) is 6.92 Å². The first-order chi connectivity index (χ1) is 7.10. The molecule has 15 heavy (non-hydrogen) atoms. The van der Waals surface area contributed by atoms with E-state index in [2.05, 4.69) is 14.9 Å². The van der Waals surface area contributed by atoms with Gasteiger partial charge in [0.25, 0.3) is 0 Å². The van der Waals surface area contributed by atoms with Gasteiger partial charge in [0.2, 0.25) is 10.0 Å². The van der Waals surface area contributed by atoms with Crippen molar-refractivity contribution in [1.82, 2.24) is 10.2 Å². The number of rotatable bonds is 5. The molecule has 0 aliphatic carbocycles. The van der Waals surface area contributed by atoms with Crippen LogP contribution >= 0.6 is 0 Å². The Morgan fingerprint density at radius 2 is 2.33 bits per heavy atom. The first kappa shape index (κ1) is 11.9. The Hall–Kier alpha value is -1.21. The molecular weight excluding hydrogens is 216 g/mol. The van der Waals surface area contributed by atoms with Crippen molar-refractivity contribution in [2.75, 3.05) is 11.3 Å². The molecule has 7 heteroatoms. The molecule has 1 rings (SSSR count). The maximum atomic E-state index is 11.7. The SMILES string of the molecule is CCC(CN)S(=O)(=O)Nc1cccnn1. The molecule has 1 heterocycles. The molecular formula is C8H14N4O2S. The van der Waals surface area contributed by atoms with E-state index in [9.17, 15) is 8.42 Å². The van der Waals surface area contributed by atoms with Crippen molar-refractivity contribution in [2.24, 2.45) is 5.73 Å². The van der Waals surface area contributed by atoms with Crippen LogP contribution < -0.4 is 10.5 Å². The Morgan fingerprint density at radius 3 is 2.80 bits per heavy atom. The molecule has 0 aliphatic heterocycles. The largest absolute Gasteiger partial charge is 0.329 e. The topological polar surface area (TPSA) is 98.0 Å². The summed E-state index contributed by atoms with van der Waals surface area (Å²) in [4.78, 5) is 0. The predicted octanol–water partition coefficient (Wildman–Crippen LogP) is -0.0444. The van der Waals surface area contributed by atoms with E-state index < -0.39 is 15.3 Å². The summed E-state index contributed by atoms with van der Waals surface area (Å²) in [5.74, 6) is 0.212. The van der Waals surface area contributed by atoms with Gasteiger partial charge in [0.1, 0.15) is 0 Å². The molecule has 1 unspecified atom stereocenters. The fourth-order valence-electron chi connectivity index (χ4n) is 1.10. The summed E-state index contributed by atoms with van der Waals surface area (Å²) in [6, 6.07) is 3.14. The minimum absolute atomic E-state index is 0.0894. The molecule has 0 bridgehead atoms. The van der Waals surface area contributed by atoms with Gasteiger partial charge in [0.15, 0.2) is 5.82 Å². The highest BCUT2D eigenvalue weighted by Crippen LogP contribution is 2.09. The third kappa shape index (κ3) is 3.14. The van der Waals surface area contributed by atoms with Gasteiger partial charge >= 0.3 is 0 Å². The average molecular weight is 230 g/mol. The van der Waals surface area contributed by atoms with Gasteiger partial charge in [0.05, 0.1) is 5.25 Å². The van der Waals surface area contributed by atoms with Gasteiger partial charge in [-0.05, 0) is 18.6 Å². The van der Waals surface area contributed by atoms with Gasteiger partial charge in [-0.25, -0.2) is 8.42 Å². The number of aromatic nitrogens is 2. The highest BCUT2D eigenvalue weighted by molar-refractivity contribution is 7.93. The first-order valence-corrected chi connectivity index (χ1v) is 6.14. The zero-order valence-corrected chi connectivity index (χ0v) is 9.24. The first-order valence-electron chi connectivity index (χ1n) is 4.59. The molecule has 0 saturated carbocycles. The molecule has 0 amide bonds. The summed E-state index contributed by atoms with van der Waals surface area (Å²) in [7, 11) is -3.45. The Balaban J connectivity index is 2.81. The third-order valence-corrected chi connectivity index (χ3v) is 3.87. The number of sulfonamides is 1. The molecule has 0 fully saturated rings. The van der Waals surface area contributed by atoms with Gasteiger partial charge in [0, 0.05) is 12.7 Å². The fraction of sp³-hybridized carbons (Fsp3) is 0.500. The standard InChI is InChI=1S/C8H14N4O2S/c1-2-7(6-9)15(13,14)12-8-4-3-5-10-11-8/h3-5,7H,2,6,9H2,1H3,(H,11,12). The molecule has 3 N–H and O–H groups in total. The maximum absolute atomic E-state index is 11.7. The zero-order chi connectivity index (χ0) is 11.3. The van der Waals surface area contributed by atoms with E-state index in [-0.39, 0.29) is 12.4 Å². The van der Waals surface area contributed by atoms with E-state index >= 15 is 0 Å². The summed E-state index contributed by atoms with van der Waals surface area (Å²) in [5.41, 5.74) is 5.37. The lowest BCUT2D eigenvalue weighted by atomic mass is 10.3.